The van der Waals surface area contributed by atoms with Gasteiger partial charge in [0.05, 0.1) is 6.54 Å². The number of Topliss-reactive ketones (excluding diaryl/α,β-unsaturated/α-hetero) is 1. The van der Waals surface area contributed by atoms with Crippen LogP contribution >= 0.6 is 11.8 Å². The van der Waals surface area contributed by atoms with Gasteiger partial charge in [0.25, 0.3) is 0 Å². The number of rotatable bonds is 2. The highest BCUT2D eigenvalue weighted by molar-refractivity contribution is 7.98. The highest BCUT2D eigenvalue weighted by atomic mass is 32.2. The molecule has 0 atom stereocenters. The number of hydrogen-bond acceptors (Lipinski definition) is 4. The number of thioether (sulfide) groups is 1. The predicted molar refractivity (Wildman–Crippen MR) is 57.5 cm³/mol. The lowest BCUT2D eigenvalue weighted by atomic mass is 9.99. The highest BCUT2D eigenvalue weighted by Crippen LogP contribution is 2.26. The van der Waals surface area contributed by atoms with E-state index in [1.54, 1.807) is 6.20 Å². The summed E-state index contributed by atoms with van der Waals surface area (Å²) in [4.78, 5) is 15.6. The van der Waals surface area contributed by atoms with E-state index in [0.29, 0.717) is 0 Å². The first-order valence-electron chi connectivity index (χ1n) is 4.59. The lowest BCUT2D eigenvalue weighted by Gasteiger charge is -2.17. The summed E-state index contributed by atoms with van der Waals surface area (Å²) < 4.78 is 0. The summed E-state index contributed by atoms with van der Waals surface area (Å²) in [7, 11) is 0. The van der Waals surface area contributed by atoms with Gasteiger partial charge < -0.3 is 5.73 Å². The number of carbonyl (C=O) groups is 1. The Labute approximate surface area is 87.1 Å². The summed E-state index contributed by atoms with van der Waals surface area (Å²) in [5.74, 6) is 2.05. The van der Waals surface area contributed by atoms with Crippen molar-refractivity contribution in [3.63, 3.8) is 0 Å². The van der Waals surface area contributed by atoms with Gasteiger partial charge in [-0.3, -0.25) is 9.78 Å². The fourth-order valence-electron chi connectivity index (χ4n) is 1.66. The molecule has 0 radical (unpaired) electrons. The SMILES string of the molecule is NCC(=O)c1cncc2c1CCSC2. The van der Waals surface area contributed by atoms with Crippen LogP contribution in [0, 0.1) is 0 Å². The van der Waals surface area contributed by atoms with E-state index in [9.17, 15) is 4.79 Å². The predicted octanol–water partition coefficient (Wildman–Crippen LogP) is 1.01. The summed E-state index contributed by atoms with van der Waals surface area (Å²) in [5.41, 5.74) is 8.44. The van der Waals surface area contributed by atoms with Crippen molar-refractivity contribution < 1.29 is 4.79 Å². The lowest BCUT2D eigenvalue weighted by molar-refractivity contribution is 0.1000. The zero-order chi connectivity index (χ0) is 9.97. The first-order valence-corrected chi connectivity index (χ1v) is 5.75. The minimum Gasteiger partial charge on any atom is -0.324 e. The molecule has 0 saturated heterocycles. The first-order chi connectivity index (χ1) is 6.83. The lowest BCUT2D eigenvalue weighted by Crippen LogP contribution is -2.18. The smallest absolute Gasteiger partial charge is 0.178 e. The quantitative estimate of drug-likeness (QED) is 0.737. The third-order valence-corrected chi connectivity index (χ3v) is 3.39. The van der Waals surface area contributed by atoms with Crippen molar-refractivity contribution in [3.8, 4) is 0 Å². The Balaban J connectivity index is 2.45. The molecule has 1 aliphatic rings. The molecule has 1 aromatic rings. The highest BCUT2D eigenvalue weighted by Gasteiger charge is 2.17. The minimum atomic E-state index is 0.00116. The van der Waals surface area contributed by atoms with E-state index in [2.05, 4.69) is 4.98 Å². The Kier molecular flexibility index (Phi) is 2.84. The molecule has 0 amide bonds. The van der Waals surface area contributed by atoms with Crippen LogP contribution in [-0.4, -0.2) is 23.1 Å². The fraction of sp³-hybridized carbons (Fsp3) is 0.400. The molecule has 0 bridgehead atoms. The molecule has 0 unspecified atom stereocenters. The molecule has 74 valence electrons. The molecular formula is C10H12N2OS. The maximum absolute atomic E-state index is 11.5. The van der Waals surface area contributed by atoms with Gasteiger partial charge in [0.2, 0.25) is 0 Å². The second-order valence-corrected chi connectivity index (χ2v) is 4.36. The second kappa shape index (κ2) is 4.11. The number of nitrogens with zero attached hydrogens (tertiary/aromatic N) is 1. The van der Waals surface area contributed by atoms with Gasteiger partial charge in [-0.05, 0) is 23.3 Å². The van der Waals surface area contributed by atoms with Gasteiger partial charge >= 0.3 is 0 Å². The number of fused-ring (bicyclic) bond motifs is 1. The monoisotopic (exact) mass is 208 g/mol. The molecule has 2 N–H and O–H groups in total. The molecular weight excluding hydrogens is 196 g/mol. The molecule has 0 aromatic carbocycles. The average molecular weight is 208 g/mol. The maximum Gasteiger partial charge on any atom is 0.178 e. The molecule has 2 heterocycles. The third kappa shape index (κ3) is 1.67. The van der Waals surface area contributed by atoms with E-state index in [4.69, 9.17) is 5.73 Å². The van der Waals surface area contributed by atoms with Crippen molar-refractivity contribution in [3.05, 3.63) is 29.1 Å². The number of aromatic nitrogens is 1. The Bertz CT molecular complexity index is 365. The van der Waals surface area contributed by atoms with Crippen LogP contribution in [0.1, 0.15) is 21.5 Å². The van der Waals surface area contributed by atoms with E-state index < -0.39 is 0 Å². The average Bonchev–Trinajstić information content (AvgIpc) is 2.27. The first kappa shape index (κ1) is 9.68. The molecule has 0 saturated carbocycles. The second-order valence-electron chi connectivity index (χ2n) is 3.25. The van der Waals surface area contributed by atoms with Gasteiger partial charge in [0.1, 0.15) is 0 Å². The van der Waals surface area contributed by atoms with Gasteiger partial charge in [-0.25, -0.2) is 0 Å². The molecule has 2 rings (SSSR count). The number of hydrogen-bond donors (Lipinski definition) is 1. The molecule has 3 nitrogen and oxygen atoms in total. The zero-order valence-electron chi connectivity index (χ0n) is 7.82. The largest absolute Gasteiger partial charge is 0.324 e. The van der Waals surface area contributed by atoms with Crippen molar-refractivity contribution in [2.45, 2.75) is 12.2 Å². The number of carbonyl (C=O) groups excluding carboxylic acids is 1. The van der Waals surface area contributed by atoms with E-state index in [1.807, 2.05) is 18.0 Å². The van der Waals surface area contributed by atoms with Crippen LogP contribution in [-0.2, 0) is 12.2 Å². The van der Waals surface area contributed by atoms with Crippen molar-refractivity contribution in [2.24, 2.45) is 5.73 Å². The van der Waals surface area contributed by atoms with E-state index in [1.165, 1.54) is 5.56 Å². The van der Waals surface area contributed by atoms with Crippen molar-refractivity contribution in [2.75, 3.05) is 12.3 Å². The Morgan fingerprint density at radius 2 is 2.43 bits per heavy atom. The van der Waals surface area contributed by atoms with Crippen LogP contribution in [0.15, 0.2) is 12.4 Å². The Hall–Kier alpha value is -0.870. The molecule has 0 fully saturated rings. The molecule has 14 heavy (non-hydrogen) atoms. The maximum atomic E-state index is 11.5. The fourth-order valence-corrected chi connectivity index (χ4v) is 2.62. The van der Waals surface area contributed by atoms with Crippen molar-refractivity contribution >= 4 is 17.5 Å². The Morgan fingerprint density at radius 1 is 1.57 bits per heavy atom. The van der Waals surface area contributed by atoms with Gasteiger partial charge in [-0.15, -0.1) is 0 Å². The number of pyridine rings is 1. The van der Waals surface area contributed by atoms with E-state index in [-0.39, 0.29) is 12.3 Å². The molecule has 1 aromatic heterocycles. The summed E-state index contributed by atoms with van der Waals surface area (Å²) in [6.45, 7) is 0.0747. The summed E-state index contributed by atoms with van der Waals surface area (Å²) in [6, 6.07) is 0. The van der Waals surface area contributed by atoms with E-state index in [0.717, 1.165) is 29.1 Å². The molecule has 0 spiro atoms. The number of ketones is 1. The summed E-state index contributed by atoms with van der Waals surface area (Å²) in [6.07, 6.45) is 4.46. The summed E-state index contributed by atoms with van der Waals surface area (Å²) in [5, 5.41) is 0. The van der Waals surface area contributed by atoms with Crippen LogP contribution in [0.25, 0.3) is 0 Å². The molecule has 0 aliphatic carbocycles. The van der Waals surface area contributed by atoms with Crippen LogP contribution < -0.4 is 5.73 Å². The van der Waals surface area contributed by atoms with E-state index >= 15 is 0 Å². The third-order valence-electron chi connectivity index (χ3n) is 2.39. The van der Waals surface area contributed by atoms with Gasteiger partial charge in [-0.2, -0.15) is 11.8 Å². The van der Waals surface area contributed by atoms with Gasteiger partial charge in [0, 0.05) is 23.7 Å². The number of nitrogens with two attached hydrogens (primary N) is 1. The van der Waals surface area contributed by atoms with Crippen LogP contribution in [0.3, 0.4) is 0 Å². The van der Waals surface area contributed by atoms with Gasteiger partial charge in [0.15, 0.2) is 5.78 Å². The minimum absolute atomic E-state index is 0.00116. The molecule has 1 aliphatic heterocycles. The van der Waals surface area contributed by atoms with Crippen molar-refractivity contribution in [1.29, 1.82) is 0 Å². The molecule has 4 heteroatoms. The van der Waals surface area contributed by atoms with Crippen molar-refractivity contribution in [1.82, 2.24) is 4.98 Å². The zero-order valence-corrected chi connectivity index (χ0v) is 8.64. The Morgan fingerprint density at radius 3 is 3.21 bits per heavy atom. The normalized spacial score (nSPS) is 14.9. The van der Waals surface area contributed by atoms with Crippen LogP contribution in [0.5, 0.6) is 0 Å². The summed E-state index contributed by atoms with van der Waals surface area (Å²) >= 11 is 1.88. The van der Waals surface area contributed by atoms with Crippen LogP contribution in [0.4, 0.5) is 0 Å². The van der Waals surface area contributed by atoms with Gasteiger partial charge in [-0.1, -0.05) is 0 Å². The van der Waals surface area contributed by atoms with Crippen LogP contribution in [0.2, 0.25) is 0 Å². The topological polar surface area (TPSA) is 56.0 Å². The standard InChI is InChI=1S/C10H12N2OS/c11-3-10(13)9-5-12-4-7-6-14-2-1-8(7)9/h4-5H,1-3,6,11H2.